The molecule has 1 aromatic rings. The quantitative estimate of drug-likeness (QED) is 0.824. The SMILES string of the molecule is CN1C(=O)N(CC(=O)O)C(=O)C2C1N=C1N(c3ccc(Cl)cc3)CCN12. The van der Waals surface area contributed by atoms with E-state index in [1.165, 1.54) is 11.9 Å². The van der Waals surface area contributed by atoms with Gasteiger partial charge in [0, 0.05) is 30.8 Å². The number of fused-ring (bicyclic) bond motifs is 3. The molecule has 0 bridgehead atoms. The third kappa shape index (κ3) is 2.38. The van der Waals surface area contributed by atoms with Crippen LogP contribution in [-0.2, 0) is 9.59 Å². The molecule has 136 valence electrons. The first-order valence-electron chi connectivity index (χ1n) is 8.06. The monoisotopic (exact) mass is 377 g/mol. The number of aliphatic carboxylic acids is 1. The second-order valence-corrected chi connectivity index (χ2v) is 6.76. The maximum absolute atomic E-state index is 12.8. The fraction of sp³-hybridized carbons (Fsp3) is 0.375. The summed E-state index contributed by atoms with van der Waals surface area (Å²) in [6.45, 7) is 0.528. The van der Waals surface area contributed by atoms with Crippen LogP contribution in [0, 0.1) is 0 Å². The first-order valence-corrected chi connectivity index (χ1v) is 8.44. The lowest BCUT2D eigenvalue weighted by molar-refractivity contribution is -0.146. The van der Waals surface area contributed by atoms with E-state index in [4.69, 9.17) is 16.7 Å². The van der Waals surface area contributed by atoms with E-state index in [-0.39, 0.29) is 0 Å². The molecule has 2 saturated heterocycles. The van der Waals surface area contributed by atoms with Gasteiger partial charge in [0.15, 0.2) is 12.2 Å². The van der Waals surface area contributed by atoms with E-state index in [1.807, 2.05) is 21.9 Å². The number of carboxylic acid groups (broad SMARTS) is 1. The highest BCUT2D eigenvalue weighted by Crippen LogP contribution is 2.33. The van der Waals surface area contributed by atoms with Gasteiger partial charge in [-0.05, 0) is 24.3 Å². The fourth-order valence-electron chi connectivity index (χ4n) is 3.58. The largest absolute Gasteiger partial charge is 0.480 e. The van der Waals surface area contributed by atoms with Crippen molar-refractivity contribution in [2.75, 3.05) is 31.6 Å². The Bertz CT molecular complexity index is 826. The average Bonchev–Trinajstić information content (AvgIpc) is 3.16. The summed E-state index contributed by atoms with van der Waals surface area (Å²) in [5.74, 6) is -1.16. The molecule has 1 aromatic carbocycles. The van der Waals surface area contributed by atoms with Crippen molar-refractivity contribution in [3.63, 3.8) is 0 Å². The van der Waals surface area contributed by atoms with Gasteiger partial charge in [-0.1, -0.05) is 11.6 Å². The fourth-order valence-corrected chi connectivity index (χ4v) is 3.71. The number of carbonyl (C=O) groups is 3. The second-order valence-electron chi connectivity index (χ2n) is 6.32. The van der Waals surface area contributed by atoms with Gasteiger partial charge in [-0.25, -0.2) is 9.79 Å². The van der Waals surface area contributed by atoms with Crippen molar-refractivity contribution < 1.29 is 19.5 Å². The Morgan fingerprint density at radius 3 is 2.62 bits per heavy atom. The normalized spacial score (nSPS) is 24.8. The molecule has 3 heterocycles. The molecule has 3 aliphatic heterocycles. The van der Waals surface area contributed by atoms with Crippen LogP contribution in [0.5, 0.6) is 0 Å². The molecule has 4 rings (SSSR count). The molecule has 10 heteroatoms. The molecule has 1 N–H and O–H groups in total. The molecule has 2 fully saturated rings. The number of imide groups is 1. The summed E-state index contributed by atoms with van der Waals surface area (Å²) in [7, 11) is 1.53. The molecular weight excluding hydrogens is 362 g/mol. The van der Waals surface area contributed by atoms with Crippen molar-refractivity contribution in [1.82, 2.24) is 14.7 Å². The third-order valence-corrected chi connectivity index (χ3v) is 5.06. The number of anilines is 1. The summed E-state index contributed by atoms with van der Waals surface area (Å²) in [5, 5.41) is 9.62. The summed E-state index contributed by atoms with van der Waals surface area (Å²) in [6.07, 6.45) is -0.662. The average molecular weight is 378 g/mol. The number of amides is 3. The van der Waals surface area contributed by atoms with Crippen molar-refractivity contribution in [2.45, 2.75) is 12.2 Å². The Morgan fingerprint density at radius 1 is 1.27 bits per heavy atom. The van der Waals surface area contributed by atoms with Crippen LogP contribution in [0.2, 0.25) is 5.02 Å². The predicted molar refractivity (Wildman–Crippen MR) is 93.0 cm³/mol. The smallest absolute Gasteiger partial charge is 0.328 e. The molecule has 2 atom stereocenters. The molecule has 0 saturated carbocycles. The minimum absolute atomic E-state index is 0.530. The summed E-state index contributed by atoms with van der Waals surface area (Å²) in [4.78, 5) is 46.7. The van der Waals surface area contributed by atoms with E-state index in [9.17, 15) is 14.4 Å². The summed E-state index contributed by atoms with van der Waals surface area (Å²) >= 11 is 5.94. The van der Waals surface area contributed by atoms with Crippen LogP contribution in [0.25, 0.3) is 0 Å². The zero-order valence-corrected chi connectivity index (χ0v) is 14.6. The Hall–Kier alpha value is -2.81. The minimum atomic E-state index is -1.23. The Kier molecular flexibility index (Phi) is 3.76. The van der Waals surface area contributed by atoms with E-state index in [0.717, 1.165) is 10.6 Å². The van der Waals surface area contributed by atoms with Crippen molar-refractivity contribution >= 4 is 41.2 Å². The van der Waals surface area contributed by atoms with Crippen molar-refractivity contribution in [3.8, 4) is 0 Å². The lowest BCUT2D eigenvalue weighted by Gasteiger charge is -2.39. The molecule has 0 aliphatic carbocycles. The standard InChI is InChI=1S/C16H16ClN5O4/c1-19-13-12(14(25)22(16(19)26)8-11(23)24)21-7-6-20(15(21)18-13)10-4-2-9(17)3-5-10/h2-5,12-13H,6-8H2,1H3,(H,23,24). The number of carbonyl (C=O) groups excluding carboxylic acids is 2. The maximum atomic E-state index is 12.8. The molecule has 2 unspecified atom stereocenters. The number of aliphatic imine (C=N–C) groups is 1. The van der Waals surface area contributed by atoms with Gasteiger partial charge in [-0.3, -0.25) is 14.5 Å². The minimum Gasteiger partial charge on any atom is -0.480 e. The van der Waals surface area contributed by atoms with Crippen LogP contribution < -0.4 is 4.90 Å². The maximum Gasteiger partial charge on any atom is 0.328 e. The van der Waals surface area contributed by atoms with Gasteiger partial charge in [0.2, 0.25) is 5.96 Å². The number of hydrogen-bond acceptors (Lipinski definition) is 6. The zero-order valence-electron chi connectivity index (χ0n) is 13.9. The summed E-state index contributed by atoms with van der Waals surface area (Å²) < 4.78 is 0. The van der Waals surface area contributed by atoms with E-state index >= 15 is 0 Å². The number of likely N-dealkylation sites (N-methyl/N-ethyl adjacent to an activating group) is 1. The molecule has 0 radical (unpaired) electrons. The lowest BCUT2D eigenvalue weighted by atomic mass is 10.1. The number of hydrogen-bond donors (Lipinski definition) is 1. The predicted octanol–water partition coefficient (Wildman–Crippen LogP) is 0.505. The molecule has 0 spiro atoms. The highest BCUT2D eigenvalue weighted by Gasteiger charge is 2.54. The van der Waals surface area contributed by atoms with Crippen LogP contribution in [0.4, 0.5) is 10.5 Å². The Morgan fingerprint density at radius 2 is 1.96 bits per heavy atom. The number of halogens is 1. The first kappa shape index (κ1) is 16.6. The number of carboxylic acids is 1. The van der Waals surface area contributed by atoms with E-state index in [1.54, 1.807) is 12.1 Å². The zero-order chi connectivity index (χ0) is 18.6. The second kappa shape index (κ2) is 5.87. The highest BCUT2D eigenvalue weighted by molar-refractivity contribution is 6.30. The molecule has 3 amide bonds. The van der Waals surface area contributed by atoms with Crippen LogP contribution in [0.3, 0.4) is 0 Å². The molecule has 0 aromatic heterocycles. The van der Waals surface area contributed by atoms with E-state index in [2.05, 4.69) is 4.99 Å². The number of rotatable bonds is 3. The van der Waals surface area contributed by atoms with Crippen LogP contribution in [0.15, 0.2) is 29.3 Å². The van der Waals surface area contributed by atoms with Crippen molar-refractivity contribution in [1.29, 1.82) is 0 Å². The van der Waals surface area contributed by atoms with Crippen molar-refractivity contribution in [2.24, 2.45) is 4.99 Å². The Labute approximate surface area is 154 Å². The van der Waals surface area contributed by atoms with Gasteiger partial charge in [-0.2, -0.15) is 0 Å². The first-order chi connectivity index (χ1) is 12.4. The van der Waals surface area contributed by atoms with Gasteiger partial charge in [-0.15, -0.1) is 0 Å². The van der Waals surface area contributed by atoms with Gasteiger partial charge in [0.05, 0.1) is 0 Å². The molecule has 26 heavy (non-hydrogen) atoms. The molecule has 3 aliphatic rings. The lowest BCUT2D eigenvalue weighted by Crippen LogP contribution is -2.65. The van der Waals surface area contributed by atoms with Crippen LogP contribution in [0.1, 0.15) is 0 Å². The summed E-state index contributed by atoms with van der Waals surface area (Å²) in [5.41, 5.74) is 0.887. The topological polar surface area (TPSA) is 96.8 Å². The number of nitrogens with zero attached hydrogens (tertiary/aromatic N) is 5. The third-order valence-electron chi connectivity index (χ3n) is 4.81. The Balaban J connectivity index is 1.66. The summed E-state index contributed by atoms with van der Waals surface area (Å²) in [6, 6.07) is 5.93. The van der Waals surface area contributed by atoms with Gasteiger partial charge >= 0.3 is 12.0 Å². The highest BCUT2D eigenvalue weighted by atomic mass is 35.5. The van der Waals surface area contributed by atoms with Gasteiger partial charge < -0.3 is 19.8 Å². The number of guanidine groups is 1. The molecule has 9 nitrogen and oxygen atoms in total. The number of urea groups is 1. The van der Waals surface area contributed by atoms with Crippen LogP contribution >= 0.6 is 11.6 Å². The van der Waals surface area contributed by atoms with Gasteiger partial charge in [0.25, 0.3) is 5.91 Å². The van der Waals surface area contributed by atoms with E-state index < -0.39 is 36.7 Å². The number of benzene rings is 1. The molecular formula is C16H16ClN5O4. The van der Waals surface area contributed by atoms with Crippen LogP contribution in [-0.4, -0.2) is 82.6 Å². The van der Waals surface area contributed by atoms with E-state index in [0.29, 0.717) is 24.1 Å². The van der Waals surface area contributed by atoms with Crippen molar-refractivity contribution in [3.05, 3.63) is 29.3 Å². The van der Waals surface area contributed by atoms with Gasteiger partial charge in [0.1, 0.15) is 6.54 Å².